The van der Waals surface area contributed by atoms with E-state index in [9.17, 15) is 0 Å². The van der Waals surface area contributed by atoms with Crippen molar-refractivity contribution >= 4 is 29.9 Å². The Balaban J connectivity index is 0.00000312. The highest BCUT2D eigenvalue weighted by Crippen LogP contribution is 2.16. The van der Waals surface area contributed by atoms with Crippen LogP contribution in [-0.4, -0.2) is 69.2 Å². The maximum absolute atomic E-state index is 5.22. The summed E-state index contributed by atoms with van der Waals surface area (Å²) >= 11 is 0. The summed E-state index contributed by atoms with van der Waals surface area (Å²) in [6.45, 7) is 6.91. The number of methoxy groups -OCH3 is 1. The molecule has 1 saturated heterocycles. The Morgan fingerprint density at radius 3 is 2.72 bits per heavy atom. The maximum Gasteiger partial charge on any atom is 0.193 e. The summed E-state index contributed by atoms with van der Waals surface area (Å²) in [4.78, 5) is 9.14. The minimum Gasteiger partial charge on any atom is -0.383 e. The minimum absolute atomic E-state index is 0. The predicted molar refractivity (Wildman–Crippen MR) is 116 cm³/mol. The van der Waals surface area contributed by atoms with Gasteiger partial charge in [-0.3, -0.25) is 9.89 Å². The second kappa shape index (κ2) is 11.7. The number of halogens is 1. The third kappa shape index (κ3) is 7.11. The SMILES string of the molecule is CN=C(NCC1CCCN1CCOC)N(C)Cc1ccc(C)cc1.I. The fourth-order valence-corrected chi connectivity index (χ4v) is 3.27. The molecule has 0 bridgehead atoms. The second-order valence-corrected chi connectivity index (χ2v) is 6.59. The van der Waals surface area contributed by atoms with Crippen LogP contribution in [0, 0.1) is 6.92 Å². The summed E-state index contributed by atoms with van der Waals surface area (Å²) < 4.78 is 5.22. The van der Waals surface area contributed by atoms with E-state index >= 15 is 0 Å². The fourth-order valence-electron chi connectivity index (χ4n) is 3.27. The maximum atomic E-state index is 5.22. The van der Waals surface area contributed by atoms with E-state index in [0.29, 0.717) is 6.04 Å². The molecular weight excluding hydrogens is 427 g/mol. The van der Waals surface area contributed by atoms with Crippen LogP contribution in [0.3, 0.4) is 0 Å². The molecule has 1 aromatic rings. The number of likely N-dealkylation sites (tertiary alicyclic amines) is 1. The van der Waals surface area contributed by atoms with E-state index in [1.54, 1.807) is 7.11 Å². The lowest BCUT2D eigenvalue weighted by molar-refractivity contribution is 0.141. The number of nitrogens with zero attached hydrogens (tertiary/aromatic N) is 3. The van der Waals surface area contributed by atoms with Crippen LogP contribution in [0.5, 0.6) is 0 Å². The van der Waals surface area contributed by atoms with Crippen molar-refractivity contribution in [1.82, 2.24) is 15.1 Å². The third-order valence-corrected chi connectivity index (χ3v) is 4.69. The molecule has 1 N–H and O–H groups in total. The molecule has 1 heterocycles. The molecule has 1 unspecified atom stereocenters. The van der Waals surface area contributed by atoms with Gasteiger partial charge in [0, 0.05) is 46.9 Å². The minimum atomic E-state index is 0. The van der Waals surface area contributed by atoms with Crippen LogP contribution in [0.2, 0.25) is 0 Å². The van der Waals surface area contributed by atoms with Gasteiger partial charge in [0.1, 0.15) is 0 Å². The smallest absolute Gasteiger partial charge is 0.193 e. The van der Waals surface area contributed by atoms with Crippen LogP contribution in [0.1, 0.15) is 24.0 Å². The van der Waals surface area contributed by atoms with Gasteiger partial charge in [-0.2, -0.15) is 0 Å². The van der Waals surface area contributed by atoms with Gasteiger partial charge in [-0.25, -0.2) is 0 Å². The lowest BCUT2D eigenvalue weighted by Crippen LogP contribution is -2.45. The monoisotopic (exact) mass is 460 g/mol. The molecule has 1 aliphatic rings. The highest BCUT2D eigenvalue weighted by atomic mass is 127. The normalized spacial score (nSPS) is 18.1. The average molecular weight is 460 g/mol. The summed E-state index contributed by atoms with van der Waals surface area (Å²) in [6, 6.07) is 9.26. The standard InChI is InChI=1S/C19H32N4O.HI/c1-16-7-9-17(10-8-16)15-22(3)19(20-2)21-14-18-6-5-11-23(18)12-13-24-4;/h7-10,18H,5-6,11-15H2,1-4H3,(H,20,21);1H. The molecule has 0 aromatic heterocycles. The molecule has 2 rings (SSSR count). The zero-order valence-electron chi connectivity index (χ0n) is 16.0. The van der Waals surface area contributed by atoms with Crippen LogP contribution < -0.4 is 5.32 Å². The van der Waals surface area contributed by atoms with Crippen LogP contribution in [0.4, 0.5) is 0 Å². The van der Waals surface area contributed by atoms with E-state index in [1.807, 2.05) is 7.05 Å². The first-order valence-corrected chi connectivity index (χ1v) is 8.84. The number of aryl methyl sites for hydroxylation is 1. The van der Waals surface area contributed by atoms with Crippen LogP contribution in [-0.2, 0) is 11.3 Å². The van der Waals surface area contributed by atoms with Crippen LogP contribution in [0.15, 0.2) is 29.3 Å². The Bertz CT molecular complexity index is 521. The molecule has 1 atom stereocenters. The van der Waals surface area contributed by atoms with Gasteiger partial charge in [-0.05, 0) is 31.9 Å². The van der Waals surface area contributed by atoms with Gasteiger partial charge in [-0.15, -0.1) is 24.0 Å². The van der Waals surface area contributed by atoms with E-state index in [1.165, 1.54) is 30.5 Å². The Hall–Kier alpha value is -0.860. The van der Waals surface area contributed by atoms with Gasteiger partial charge < -0.3 is 15.0 Å². The molecule has 0 aliphatic carbocycles. The highest BCUT2D eigenvalue weighted by Gasteiger charge is 2.24. The van der Waals surface area contributed by atoms with E-state index < -0.39 is 0 Å². The fraction of sp³-hybridized carbons (Fsp3) is 0.632. The van der Waals surface area contributed by atoms with Crippen molar-refractivity contribution in [1.29, 1.82) is 0 Å². The first-order chi connectivity index (χ1) is 11.6. The number of nitrogens with one attached hydrogen (secondary N) is 1. The van der Waals surface area contributed by atoms with E-state index in [4.69, 9.17) is 4.74 Å². The molecule has 25 heavy (non-hydrogen) atoms. The Morgan fingerprint density at radius 1 is 1.36 bits per heavy atom. The summed E-state index contributed by atoms with van der Waals surface area (Å²) in [5, 5.41) is 3.54. The van der Waals surface area contributed by atoms with Gasteiger partial charge in [0.25, 0.3) is 0 Å². The van der Waals surface area contributed by atoms with Crippen molar-refractivity contribution in [2.75, 3.05) is 47.4 Å². The van der Waals surface area contributed by atoms with Crippen molar-refractivity contribution in [3.8, 4) is 0 Å². The largest absolute Gasteiger partial charge is 0.383 e. The first-order valence-electron chi connectivity index (χ1n) is 8.84. The van der Waals surface area contributed by atoms with Gasteiger partial charge >= 0.3 is 0 Å². The quantitative estimate of drug-likeness (QED) is 0.386. The average Bonchev–Trinajstić information content (AvgIpc) is 3.03. The lowest BCUT2D eigenvalue weighted by atomic mass is 10.1. The number of guanidine groups is 1. The molecule has 0 radical (unpaired) electrons. The highest BCUT2D eigenvalue weighted by molar-refractivity contribution is 14.0. The lowest BCUT2D eigenvalue weighted by Gasteiger charge is -2.27. The molecule has 0 spiro atoms. The van der Waals surface area contributed by atoms with Gasteiger partial charge in [0.05, 0.1) is 6.61 Å². The Morgan fingerprint density at radius 2 is 2.08 bits per heavy atom. The Labute approximate surface area is 169 Å². The molecule has 0 saturated carbocycles. The molecular formula is C19H33IN4O. The zero-order valence-corrected chi connectivity index (χ0v) is 18.3. The summed E-state index contributed by atoms with van der Waals surface area (Å²) in [5.74, 6) is 0.953. The summed E-state index contributed by atoms with van der Waals surface area (Å²) in [5.41, 5.74) is 2.59. The van der Waals surface area contributed by atoms with Crippen molar-refractivity contribution in [2.24, 2.45) is 4.99 Å². The van der Waals surface area contributed by atoms with E-state index in [2.05, 4.69) is 58.3 Å². The van der Waals surface area contributed by atoms with Crippen molar-refractivity contribution in [2.45, 2.75) is 32.4 Å². The van der Waals surface area contributed by atoms with Gasteiger partial charge in [0.2, 0.25) is 0 Å². The molecule has 1 fully saturated rings. The number of benzene rings is 1. The van der Waals surface area contributed by atoms with Crippen molar-refractivity contribution < 1.29 is 4.74 Å². The predicted octanol–water partition coefficient (Wildman–Crippen LogP) is 2.73. The van der Waals surface area contributed by atoms with Crippen LogP contribution in [0.25, 0.3) is 0 Å². The number of aliphatic imine (C=N–C) groups is 1. The number of ether oxygens (including phenoxy) is 1. The molecule has 1 aromatic carbocycles. The van der Waals surface area contributed by atoms with Crippen LogP contribution >= 0.6 is 24.0 Å². The van der Waals surface area contributed by atoms with Gasteiger partial charge in [-0.1, -0.05) is 29.8 Å². The Kier molecular flexibility index (Phi) is 10.4. The number of rotatable bonds is 7. The molecule has 5 nitrogen and oxygen atoms in total. The number of hydrogen-bond acceptors (Lipinski definition) is 3. The molecule has 1 aliphatic heterocycles. The van der Waals surface area contributed by atoms with E-state index in [0.717, 1.165) is 32.2 Å². The summed E-state index contributed by atoms with van der Waals surface area (Å²) in [7, 11) is 5.71. The molecule has 142 valence electrons. The number of hydrogen-bond donors (Lipinski definition) is 1. The van der Waals surface area contributed by atoms with Crippen molar-refractivity contribution in [3.05, 3.63) is 35.4 Å². The van der Waals surface area contributed by atoms with Gasteiger partial charge in [0.15, 0.2) is 5.96 Å². The first kappa shape index (κ1) is 22.2. The molecule has 0 amide bonds. The molecule has 6 heteroatoms. The zero-order chi connectivity index (χ0) is 17.4. The van der Waals surface area contributed by atoms with Crippen molar-refractivity contribution in [3.63, 3.8) is 0 Å². The van der Waals surface area contributed by atoms with E-state index in [-0.39, 0.29) is 24.0 Å². The third-order valence-electron chi connectivity index (χ3n) is 4.69. The topological polar surface area (TPSA) is 40.1 Å². The second-order valence-electron chi connectivity index (χ2n) is 6.59. The summed E-state index contributed by atoms with van der Waals surface area (Å²) in [6.07, 6.45) is 2.52.